The monoisotopic (exact) mass is 494 g/mol. The summed E-state index contributed by atoms with van der Waals surface area (Å²) in [5.41, 5.74) is 3.16. The molecule has 10 heteroatoms. The first-order chi connectivity index (χ1) is 17.1. The van der Waals surface area contributed by atoms with Gasteiger partial charge < -0.3 is 10.6 Å². The van der Waals surface area contributed by atoms with Crippen LogP contribution in [0.15, 0.2) is 66.1 Å². The first-order valence-electron chi connectivity index (χ1n) is 11.2. The van der Waals surface area contributed by atoms with E-state index >= 15 is 0 Å². The smallest absolute Gasteiger partial charge is 0.358 e. The van der Waals surface area contributed by atoms with Crippen LogP contribution in [0.4, 0.5) is 18.9 Å². The zero-order chi connectivity index (χ0) is 26.0. The Kier molecular flexibility index (Phi) is 6.86. The molecule has 0 bridgehead atoms. The van der Waals surface area contributed by atoms with Gasteiger partial charge in [-0.15, -0.1) is 0 Å². The average molecular weight is 495 g/mol. The fourth-order valence-electron chi connectivity index (χ4n) is 4.40. The zero-order valence-electron chi connectivity index (χ0n) is 20.0. The molecule has 4 rings (SSSR count). The third kappa shape index (κ3) is 5.11. The van der Waals surface area contributed by atoms with E-state index in [9.17, 15) is 23.2 Å². The summed E-state index contributed by atoms with van der Waals surface area (Å²) in [5.74, 6) is -0.309. The van der Waals surface area contributed by atoms with E-state index in [2.05, 4.69) is 21.8 Å². The third-order valence-corrected chi connectivity index (χ3v) is 6.00. The van der Waals surface area contributed by atoms with Crippen molar-refractivity contribution in [3.05, 3.63) is 82.8 Å². The van der Waals surface area contributed by atoms with Crippen LogP contribution in [-0.2, 0) is 18.0 Å². The summed E-state index contributed by atoms with van der Waals surface area (Å²) in [6.45, 7) is 0.354. The number of hydrogen-bond donors (Lipinski definition) is 2. The number of amides is 1. The Morgan fingerprint density at radius 2 is 2.00 bits per heavy atom. The van der Waals surface area contributed by atoms with Crippen molar-refractivity contribution in [2.75, 3.05) is 26.0 Å². The van der Waals surface area contributed by atoms with E-state index in [1.54, 1.807) is 36.1 Å². The number of hydrogen-bond acceptors (Lipinski definition) is 5. The number of carbonyl (C=O) groups is 1. The highest BCUT2D eigenvalue weighted by atomic mass is 19.4. The standard InChI is InChI=1S/C26H25F3N6O/c1-34(2)24(20-8-7-16(13-30)11-21(20)17-14-32-35(3)15-17)23-22(9-10-31-25(23)36)33-19-6-4-5-18(12-19)26(27,28)29/h4-8,11-12,14-15,24,33H,9-10H2,1-3H3,(H,31,36)/t24-/m1/s1. The highest BCUT2D eigenvalue weighted by Crippen LogP contribution is 2.38. The van der Waals surface area contributed by atoms with Gasteiger partial charge in [0.25, 0.3) is 5.91 Å². The molecule has 186 valence electrons. The molecule has 1 amide bonds. The maximum Gasteiger partial charge on any atom is 0.416 e. The van der Waals surface area contributed by atoms with Gasteiger partial charge >= 0.3 is 6.18 Å². The number of nitriles is 1. The van der Waals surface area contributed by atoms with Crippen molar-refractivity contribution in [3.8, 4) is 17.2 Å². The van der Waals surface area contributed by atoms with Gasteiger partial charge in [0.15, 0.2) is 0 Å². The predicted molar refractivity (Wildman–Crippen MR) is 130 cm³/mol. The van der Waals surface area contributed by atoms with Crippen LogP contribution in [0, 0.1) is 11.3 Å². The molecule has 36 heavy (non-hydrogen) atoms. The van der Waals surface area contributed by atoms with Gasteiger partial charge in [0, 0.05) is 43.2 Å². The Labute approximate surface area is 206 Å². The largest absolute Gasteiger partial charge is 0.416 e. The SMILES string of the molecule is CN(C)[C@@H](C1=C(Nc2cccc(C(F)(F)F)c2)CCNC1=O)c1ccc(C#N)cc1-c1cnn(C)c1. The molecule has 0 spiro atoms. The normalized spacial score (nSPS) is 15.0. The zero-order valence-corrected chi connectivity index (χ0v) is 20.0. The fraction of sp³-hybridized carbons (Fsp3) is 0.269. The van der Waals surface area contributed by atoms with Gasteiger partial charge in [0.2, 0.25) is 0 Å². The highest BCUT2D eigenvalue weighted by molar-refractivity contribution is 5.97. The number of aromatic nitrogens is 2. The molecule has 7 nitrogen and oxygen atoms in total. The molecule has 0 saturated heterocycles. The van der Waals surface area contributed by atoms with Crippen LogP contribution < -0.4 is 10.6 Å². The lowest BCUT2D eigenvalue weighted by atomic mass is 9.87. The molecule has 0 fully saturated rings. The number of alkyl halides is 3. The summed E-state index contributed by atoms with van der Waals surface area (Å²) in [4.78, 5) is 15.1. The number of likely N-dealkylation sites (N-methyl/N-ethyl adjacent to an activating group) is 1. The van der Waals surface area contributed by atoms with Crippen molar-refractivity contribution in [3.63, 3.8) is 0 Å². The molecule has 1 atom stereocenters. The van der Waals surface area contributed by atoms with Crippen LogP contribution in [-0.4, -0.2) is 41.2 Å². The van der Waals surface area contributed by atoms with Crippen molar-refractivity contribution in [2.45, 2.75) is 18.6 Å². The summed E-state index contributed by atoms with van der Waals surface area (Å²) in [5, 5.41) is 19.7. The van der Waals surface area contributed by atoms with Crippen LogP contribution in [0.25, 0.3) is 11.1 Å². The maximum absolute atomic E-state index is 13.3. The Hall–Kier alpha value is -4.10. The number of carbonyl (C=O) groups excluding carboxylic acids is 1. The molecule has 0 saturated carbocycles. The fourth-order valence-corrected chi connectivity index (χ4v) is 4.40. The molecule has 2 N–H and O–H groups in total. The molecule has 1 aliphatic rings. The summed E-state index contributed by atoms with van der Waals surface area (Å²) >= 11 is 0. The summed E-state index contributed by atoms with van der Waals surface area (Å²) in [6, 6.07) is 11.8. The van der Waals surface area contributed by atoms with E-state index in [0.29, 0.717) is 29.8 Å². The maximum atomic E-state index is 13.3. The van der Waals surface area contributed by atoms with Gasteiger partial charge in [0.1, 0.15) is 0 Å². The minimum absolute atomic E-state index is 0.247. The second-order valence-corrected chi connectivity index (χ2v) is 8.78. The molecule has 3 aromatic rings. The van der Waals surface area contributed by atoms with Crippen LogP contribution >= 0.6 is 0 Å². The first-order valence-corrected chi connectivity index (χ1v) is 11.2. The number of benzene rings is 2. The van der Waals surface area contributed by atoms with Crippen LogP contribution in [0.1, 0.15) is 29.2 Å². The number of nitrogens with one attached hydrogen (secondary N) is 2. The highest BCUT2D eigenvalue weighted by Gasteiger charge is 2.33. The number of aryl methyl sites for hydroxylation is 1. The number of nitrogens with zero attached hydrogens (tertiary/aromatic N) is 4. The van der Waals surface area contributed by atoms with Gasteiger partial charge in [-0.25, -0.2) is 0 Å². The van der Waals surface area contributed by atoms with Crippen LogP contribution in [0.2, 0.25) is 0 Å². The van der Waals surface area contributed by atoms with Crippen molar-refractivity contribution >= 4 is 11.6 Å². The van der Waals surface area contributed by atoms with Gasteiger partial charge in [-0.1, -0.05) is 12.1 Å². The van der Waals surface area contributed by atoms with E-state index in [-0.39, 0.29) is 11.6 Å². The van der Waals surface area contributed by atoms with Crippen molar-refractivity contribution in [1.29, 1.82) is 5.26 Å². The van der Waals surface area contributed by atoms with E-state index in [1.165, 1.54) is 6.07 Å². The van der Waals surface area contributed by atoms with Crippen molar-refractivity contribution < 1.29 is 18.0 Å². The molecule has 1 aliphatic heterocycles. The average Bonchev–Trinajstić information content (AvgIpc) is 3.26. The molecule has 1 aromatic heterocycles. The molecule has 0 radical (unpaired) electrons. The predicted octanol–water partition coefficient (Wildman–Crippen LogP) is 4.47. The Morgan fingerprint density at radius 3 is 2.64 bits per heavy atom. The lowest BCUT2D eigenvalue weighted by Crippen LogP contribution is -2.39. The summed E-state index contributed by atoms with van der Waals surface area (Å²) in [6.07, 6.45) is -0.556. The topological polar surface area (TPSA) is 86.0 Å². The number of anilines is 1. The Balaban J connectivity index is 1.86. The molecular formula is C26H25F3N6O. The van der Waals surface area contributed by atoms with E-state index in [0.717, 1.165) is 28.8 Å². The third-order valence-electron chi connectivity index (χ3n) is 6.00. The van der Waals surface area contributed by atoms with Crippen LogP contribution in [0.3, 0.4) is 0 Å². The van der Waals surface area contributed by atoms with Gasteiger partial charge in [-0.2, -0.15) is 23.5 Å². The van der Waals surface area contributed by atoms with E-state index in [1.807, 2.05) is 31.3 Å². The second-order valence-electron chi connectivity index (χ2n) is 8.78. The van der Waals surface area contributed by atoms with Gasteiger partial charge in [-0.3, -0.25) is 14.4 Å². The second kappa shape index (κ2) is 9.87. The minimum Gasteiger partial charge on any atom is -0.358 e. The van der Waals surface area contributed by atoms with Gasteiger partial charge in [0.05, 0.1) is 35.0 Å². The lowest BCUT2D eigenvalue weighted by Gasteiger charge is -2.33. The quantitative estimate of drug-likeness (QED) is 0.528. The van der Waals surface area contributed by atoms with Crippen LogP contribution in [0.5, 0.6) is 0 Å². The molecular weight excluding hydrogens is 469 g/mol. The lowest BCUT2D eigenvalue weighted by molar-refractivity contribution is -0.137. The Morgan fingerprint density at radius 1 is 1.22 bits per heavy atom. The number of rotatable bonds is 6. The summed E-state index contributed by atoms with van der Waals surface area (Å²) in [7, 11) is 5.44. The minimum atomic E-state index is -4.48. The van der Waals surface area contributed by atoms with E-state index in [4.69, 9.17) is 0 Å². The first kappa shape index (κ1) is 25.0. The van der Waals surface area contributed by atoms with Crippen molar-refractivity contribution in [1.82, 2.24) is 20.0 Å². The molecule has 2 heterocycles. The molecule has 0 aliphatic carbocycles. The van der Waals surface area contributed by atoms with Gasteiger partial charge in [-0.05, 0) is 55.6 Å². The summed E-state index contributed by atoms with van der Waals surface area (Å²) < 4.78 is 41.5. The number of halogens is 3. The Bertz CT molecular complexity index is 1370. The van der Waals surface area contributed by atoms with Crippen molar-refractivity contribution in [2.24, 2.45) is 7.05 Å². The molecule has 2 aromatic carbocycles. The molecule has 0 unspecified atom stereocenters. The van der Waals surface area contributed by atoms with E-state index < -0.39 is 17.8 Å².